The largest absolute Gasteiger partial charge is 0.382 e. The van der Waals surface area contributed by atoms with Crippen LogP contribution in [0, 0.1) is 22.7 Å². The van der Waals surface area contributed by atoms with Gasteiger partial charge in [0.15, 0.2) is 5.82 Å². The third-order valence-corrected chi connectivity index (χ3v) is 2.31. The minimum Gasteiger partial charge on any atom is -0.382 e. The first-order valence-corrected chi connectivity index (χ1v) is 5.96. The molecule has 104 valence electrons. The molecule has 0 radical (unpaired) electrons. The molecule has 1 aromatic heterocycles. The van der Waals surface area contributed by atoms with Gasteiger partial charge in [-0.2, -0.15) is 20.5 Å². The van der Waals surface area contributed by atoms with Crippen LogP contribution in [0.15, 0.2) is 4.99 Å². The third kappa shape index (κ3) is 3.82. The highest BCUT2D eigenvalue weighted by Crippen LogP contribution is 2.22. The zero-order chi connectivity index (χ0) is 15.1. The summed E-state index contributed by atoms with van der Waals surface area (Å²) in [6.07, 6.45) is 2.10. The summed E-state index contributed by atoms with van der Waals surface area (Å²) in [5.41, 5.74) is 5.82. The molecule has 0 aliphatic rings. The topological polar surface area (TPSA) is 127 Å². The van der Waals surface area contributed by atoms with Gasteiger partial charge in [0.25, 0.3) is 0 Å². The Balaban J connectivity index is 3.19. The van der Waals surface area contributed by atoms with E-state index in [-0.39, 0.29) is 23.1 Å². The van der Waals surface area contributed by atoms with Gasteiger partial charge in [0.1, 0.15) is 23.5 Å². The number of aromatic nitrogens is 2. The second-order valence-corrected chi connectivity index (χ2v) is 4.19. The first-order valence-electron chi connectivity index (χ1n) is 5.96. The summed E-state index contributed by atoms with van der Waals surface area (Å²) in [7, 11) is 3.59. The van der Waals surface area contributed by atoms with Crippen molar-refractivity contribution in [1.29, 1.82) is 10.5 Å². The predicted molar refractivity (Wildman–Crippen MR) is 76.3 cm³/mol. The van der Waals surface area contributed by atoms with Crippen molar-refractivity contribution in [1.82, 2.24) is 14.9 Å². The standard InChI is InChI=1S/C12H16N8/c1-4-8(5-13)17-12-18-10(15)9(6-14)11(19-12)16-7-20(2)3/h7-8H,4H2,1-3H3,(H3,15,17,18,19)/b16-7+. The Hall–Kier alpha value is -2.87. The molecule has 8 heteroatoms. The van der Waals surface area contributed by atoms with Gasteiger partial charge in [0.2, 0.25) is 5.95 Å². The molecule has 0 aromatic carbocycles. The van der Waals surface area contributed by atoms with E-state index < -0.39 is 6.04 Å². The molecule has 1 heterocycles. The third-order valence-electron chi connectivity index (χ3n) is 2.31. The average molecular weight is 272 g/mol. The van der Waals surface area contributed by atoms with Crippen molar-refractivity contribution in [2.24, 2.45) is 4.99 Å². The summed E-state index contributed by atoms with van der Waals surface area (Å²) in [6.45, 7) is 1.86. The van der Waals surface area contributed by atoms with Gasteiger partial charge in [-0.3, -0.25) is 0 Å². The molecule has 0 saturated carbocycles. The Morgan fingerprint density at radius 1 is 1.45 bits per heavy atom. The Morgan fingerprint density at radius 3 is 2.65 bits per heavy atom. The van der Waals surface area contributed by atoms with E-state index in [2.05, 4.69) is 26.3 Å². The molecule has 0 aliphatic carbocycles. The first-order chi connectivity index (χ1) is 9.51. The summed E-state index contributed by atoms with van der Waals surface area (Å²) in [5.74, 6) is 0.383. The molecule has 3 N–H and O–H groups in total. The van der Waals surface area contributed by atoms with E-state index >= 15 is 0 Å². The Morgan fingerprint density at radius 2 is 2.15 bits per heavy atom. The van der Waals surface area contributed by atoms with Crippen molar-refractivity contribution in [3.63, 3.8) is 0 Å². The maximum absolute atomic E-state index is 9.06. The van der Waals surface area contributed by atoms with Crippen molar-refractivity contribution < 1.29 is 0 Å². The normalized spacial score (nSPS) is 11.7. The average Bonchev–Trinajstić information content (AvgIpc) is 2.42. The summed E-state index contributed by atoms with van der Waals surface area (Å²) in [6, 6.07) is 3.57. The van der Waals surface area contributed by atoms with Crippen LogP contribution < -0.4 is 11.1 Å². The van der Waals surface area contributed by atoms with Crippen LogP contribution in [0.5, 0.6) is 0 Å². The van der Waals surface area contributed by atoms with Gasteiger partial charge in [-0.1, -0.05) is 6.92 Å². The van der Waals surface area contributed by atoms with E-state index in [1.165, 1.54) is 6.34 Å². The van der Waals surface area contributed by atoms with Crippen molar-refractivity contribution in [3.8, 4) is 12.1 Å². The van der Waals surface area contributed by atoms with Crippen LogP contribution in [-0.4, -0.2) is 41.3 Å². The second kappa shape index (κ2) is 6.90. The van der Waals surface area contributed by atoms with E-state index in [0.29, 0.717) is 6.42 Å². The lowest BCUT2D eigenvalue weighted by molar-refractivity contribution is 0.643. The molecule has 0 fully saturated rings. The molecule has 0 amide bonds. The molecule has 1 atom stereocenters. The zero-order valence-electron chi connectivity index (χ0n) is 11.6. The molecular weight excluding hydrogens is 256 g/mol. The minimum absolute atomic E-state index is 0.0312. The van der Waals surface area contributed by atoms with Gasteiger partial charge in [-0.15, -0.1) is 0 Å². The summed E-state index contributed by atoms with van der Waals surface area (Å²) in [5, 5.41) is 20.8. The molecule has 1 unspecified atom stereocenters. The molecular formula is C12H16N8. The number of nitrogens with two attached hydrogens (primary N) is 1. The molecule has 0 bridgehead atoms. The number of anilines is 2. The van der Waals surface area contributed by atoms with Crippen molar-refractivity contribution in [2.45, 2.75) is 19.4 Å². The number of rotatable bonds is 5. The molecule has 20 heavy (non-hydrogen) atoms. The van der Waals surface area contributed by atoms with Gasteiger partial charge in [-0.05, 0) is 6.42 Å². The van der Waals surface area contributed by atoms with E-state index in [9.17, 15) is 0 Å². The van der Waals surface area contributed by atoms with Crippen LogP contribution in [0.1, 0.15) is 18.9 Å². The number of nitrogens with one attached hydrogen (secondary N) is 1. The highest BCUT2D eigenvalue weighted by atomic mass is 15.2. The lowest BCUT2D eigenvalue weighted by atomic mass is 10.2. The quantitative estimate of drug-likeness (QED) is 0.601. The van der Waals surface area contributed by atoms with Gasteiger partial charge >= 0.3 is 0 Å². The lowest BCUT2D eigenvalue weighted by Gasteiger charge is -2.11. The predicted octanol–water partition coefficient (Wildman–Crippen LogP) is 0.866. The van der Waals surface area contributed by atoms with Crippen LogP contribution in [0.2, 0.25) is 0 Å². The number of nitrogens with zero attached hydrogens (tertiary/aromatic N) is 6. The Labute approximate surface area is 117 Å². The number of nitriles is 2. The minimum atomic E-state index is -0.423. The molecule has 8 nitrogen and oxygen atoms in total. The Kier molecular flexibility index (Phi) is 5.24. The maximum Gasteiger partial charge on any atom is 0.227 e. The summed E-state index contributed by atoms with van der Waals surface area (Å²) < 4.78 is 0. The van der Waals surface area contributed by atoms with E-state index in [4.69, 9.17) is 16.3 Å². The van der Waals surface area contributed by atoms with Crippen LogP contribution >= 0.6 is 0 Å². The van der Waals surface area contributed by atoms with E-state index in [1.807, 2.05) is 13.0 Å². The highest BCUT2D eigenvalue weighted by molar-refractivity contribution is 5.68. The van der Waals surface area contributed by atoms with Gasteiger partial charge in [0.05, 0.1) is 12.4 Å². The van der Waals surface area contributed by atoms with Crippen LogP contribution in [0.25, 0.3) is 0 Å². The van der Waals surface area contributed by atoms with E-state index in [1.54, 1.807) is 19.0 Å². The molecule has 1 rings (SSSR count). The van der Waals surface area contributed by atoms with Crippen molar-refractivity contribution >= 4 is 23.9 Å². The second-order valence-electron chi connectivity index (χ2n) is 4.19. The smallest absolute Gasteiger partial charge is 0.227 e. The number of aliphatic imine (C=N–C) groups is 1. The van der Waals surface area contributed by atoms with Gasteiger partial charge in [-0.25, -0.2) is 4.99 Å². The molecule has 0 aliphatic heterocycles. The SMILES string of the molecule is CCC(C#N)Nc1nc(N)c(C#N)c(/N=C/N(C)C)n1. The van der Waals surface area contributed by atoms with Crippen LogP contribution in [0.4, 0.5) is 17.6 Å². The van der Waals surface area contributed by atoms with Crippen molar-refractivity contribution in [3.05, 3.63) is 5.56 Å². The lowest BCUT2D eigenvalue weighted by Crippen LogP contribution is -2.18. The van der Waals surface area contributed by atoms with Gasteiger partial charge in [0, 0.05) is 14.1 Å². The Bertz CT molecular complexity index is 578. The number of hydrogen-bond acceptors (Lipinski definition) is 7. The number of nitrogen functional groups attached to an aromatic ring is 1. The highest BCUT2D eigenvalue weighted by Gasteiger charge is 2.13. The van der Waals surface area contributed by atoms with Crippen molar-refractivity contribution in [2.75, 3.05) is 25.1 Å². The molecule has 0 spiro atoms. The summed E-state index contributed by atoms with van der Waals surface area (Å²) in [4.78, 5) is 13.9. The first kappa shape index (κ1) is 15.2. The molecule has 0 saturated heterocycles. The van der Waals surface area contributed by atoms with Crippen LogP contribution in [0.3, 0.4) is 0 Å². The number of hydrogen-bond donors (Lipinski definition) is 2. The zero-order valence-corrected chi connectivity index (χ0v) is 11.6. The summed E-state index contributed by atoms with van der Waals surface area (Å²) >= 11 is 0. The van der Waals surface area contributed by atoms with Gasteiger partial charge < -0.3 is 16.0 Å². The van der Waals surface area contributed by atoms with Crippen LogP contribution in [-0.2, 0) is 0 Å². The van der Waals surface area contributed by atoms with E-state index in [0.717, 1.165) is 0 Å². The molecule has 1 aromatic rings. The fourth-order valence-corrected chi connectivity index (χ4v) is 1.28. The monoisotopic (exact) mass is 272 g/mol. The maximum atomic E-state index is 9.06. The fourth-order valence-electron chi connectivity index (χ4n) is 1.28. The fraction of sp³-hybridized carbons (Fsp3) is 0.417.